The van der Waals surface area contributed by atoms with E-state index >= 15 is 0 Å². The fourth-order valence-corrected chi connectivity index (χ4v) is 3.62. The van der Waals surface area contributed by atoms with Crippen molar-refractivity contribution < 1.29 is 14.4 Å². The molecule has 1 aliphatic rings. The van der Waals surface area contributed by atoms with Crippen LogP contribution in [0.25, 0.3) is 22.0 Å². The van der Waals surface area contributed by atoms with Crippen molar-refractivity contribution in [1.29, 1.82) is 0 Å². The zero-order chi connectivity index (χ0) is 21.4. The number of aromatic nitrogens is 1. The SMILES string of the molecule is C=C(CN1Cc2c(ccc3ccc(-c4ccc(C(=O)NC)cn4)cc23)C1=O)C(N)=O. The standard InChI is InChI=1S/C23H20N4O3/c1-13(21(24)28)11-27-12-19-17(23(27)30)7-5-14-3-4-15(9-18(14)19)20-8-6-16(10-26-20)22(29)25-2/h3-10H,1,11-12H2,2H3,(H2,24,28)(H,25,29). The maximum atomic E-state index is 12.8. The minimum Gasteiger partial charge on any atom is -0.366 e. The van der Waals surface area contributed by atoms with Crippen molar-refractivity contribution >= 4 is 28.5 Å². The number of carbonyl (C=O) groups excluding carboxylic acids is 3. The Morgan fingerprint density at radius 2 is 1.97 bits per heavy atom. The van der Waals surface area contributed by atoms with E-state index in [0.717, 1.165) is 27.6 Å². The summed E-state index contributed by atoms with van der Waals surface area (Å²) in [6.45, 7) is 4.13. The second-order valence-electron chi connectivity index (χ2n) is 7.17. The van der Waals surface area contributed by atoms with E-state index in [9.17, 15) is 14.4 Å². The highest BCUT2D eigenvalue weighted by atomic mass is 16.2. The number of nitrogens with two attached hydrogens (primary N) is 1. The zero-order valence-corrected chi connectivity index (χ0v) is 16.4. The molecule has 0 saturated heterocycles. The second kappa shape index (κ2) is 7.44. The summed E-state index contributed by atoms with van der Waals surface area (Å²) in [5.41, 5.74) is 9.07. The minimum atomic E-state index is -0.614. The number of pyridine rings is 1. The van der Waals surface area contributed by atoms with Crippen LogP contribution < -0.4 is 11.1 Å². The van der Waals surface area contributed by atoms with E-state index in [0.29, 0.717) is 17.7 Å². The van der Waals surface area contributed by atoms with Crippen molar-refractivity contribution in [3.05, 3.63) is 77.5 Å². The Morgan fingerprint density at radius 1 is 1.20 bits per heavy atom. The molecule has 7 heteroatoms. The number of nitrogens with zero attached hydrogens (tertiary/aromatic N) is 2. The molecule has 7 nitrogen and oxygen atoms in total. The van der Waals surface area contributed by atoms with Crippen LogP contribution in [0.2, 0.25) is 0 Å². The van der Waals surface area contributed by atoms with Crippen LogP contribution in [-0.2, 0) is 11.3 Å². The Labute approximate surface area is 173 Å². The number of fused-ring (bicyclic) bond motifs is 3. The van der Waals surface area contributed by atoms with Crippen LogP contribution in [-0.4, -0.2) is 41.2 Å². The summed E-state index contributed by atoms with van der Waals surface area (Å²) >= 11 is 0. The molecule has 0 bridgehead atoms. The van der Waals surface area contributed by atoms with Gasteiger partial charge in [-0.15, -0.1) is 0 Å². The monoisotopic (exact) mass is 400 g/mol. The first-order valence-electron chi connectivity index (χ1n) is 9.40. The third kappa shape index (κ3) is 3.30. The predicted molar refractivity (Wildman–Crippen MR) is 114 cm³/mol. The van der Waals surface area contributed by atoms with Gasteiger partial charge in [-0.3, -0.25) is 19.4 Å². The van der Waals surface area contributed by atoms with Gasteiger partial charge in [-0.25, -0.2) is 0 Å². The van der Waals surface area contributed by atoms with Crippen LogP contribution in [0.15, 0.2) is 60.8 Å². The Bertz CT molecular complexity index is 1220. The quantitative estimate of drug-likeness (QED) is 0.641. The van der Waals surface area contributed by atoms with Crippen LogP contribution >= 0.6 is 0 Å². The molecule has 0 atom stereocenters. The highest BCUT2D eigenvalue weighted by Gasteiger charge is 2.29. The van der Waals surface area contributed by atoms with Crippen molar-refractivity contribution in [2.24, 2.45) is 5.73 Å². The summed E-state index contributed by atoms with van der Waals surface area (Å²) in [5.74, 6) is -0.952. The molecule has 3 N–H and O–H groups in total. The van der Waals surface area contributed by atoms with Crippen molar-refractivity contribution in [3.8, 4) is 11.3 Å². The van der Waals surface area contributed by atoms with Gasteiger partial charge < -0.3 is 16.0 Å². The third-order valence-corrected chi connectivity index (χ3v) is 5.28. The first kappa shape index (κ1) is 19.3. The van der Waals surface area contributed by atoms with Gasteiger partial charge in [0.2, 0.25) is 5.91 Å². The molecule has 2 heterocycles. The Morgan fingerprint density at radius 3 is 2.63 bits per heavy atom. The van der Waals surface area contributed by atoms with Crippen molar-refractivity contribution in [2.45, 2.75) is 6.54 Å². The maximum absolute atomic E-state index is 12.8. The summed E-state index contributed by atoms with van der Waals surface area (Å²) in [6, 6.07) is 13.2. The average Bonchev–Trinajstić information content (AvgIpc) is 3.08. The molecule has 3 aromatic rings. The summed E-state index contributed by atoms with van der Waals surface area (Å²) < 4.78 is 0. The van der Waals surface area contributed by atoms with E-state index in [1.54, 1.807) is 24.1 Å². The van der Waals surface area contributed by atoms with E-state index in [4.69, 9.17) is 5.73 Å². The molecule has 4 rings (SSSR count). The van der Waals surface area contributed by atoms with Gasteiger partial charge in [-0.05, 0) is 40.6 Å². The van der Waals surface area contributed by atoms with Gasteiger partial charge in [0.1, 0.15) is 0 Å². The normalized spacial score (nSPS) is 12.7. The van der Waals surface area contributed by atoms with Crippen LogP contribution in [0.4, 0.5) is 0 Å². The van der Waals surface area contributed by atoms with Gasteiger partial charge in [0.15, 0.2) is 0 Å². The molecule has 0 radical (unpaired) electrons. The van der Waals surface area contributed by atoms with Gasteiger partial charge in [0, 0.05) is 36.5 Å². The molecule has 3 amide bonds. The molecule has 1 aromatic heterocycles. The molecule has 0 aliphatic carbocycles. The number of hydrogen-bond donors (Lipinski definition) is 2. The number of hydrogen-bond acceptors (Lipinski definition) is 4. The molecule has 0 unspecified atom stereocenters. The van der Waals surface area contributed by atoms with E-state index in [1.165, 1.54) is 6.20 Å². The van der Waals surface area contributed by atoms with Gasteiger partial charge in [-0.1, -0.05) is 24.8 Å². The smallest absolute Gasteiger partial charge is 0.254 e. The Kier molecular flexibility index (Phi) is 4.79. The summed E-state index contributed by atoms with van der Waals surface area (Å²) in [4.78, 5) is 41.8. The minimum absolute atomic E-state index is 0.104. The average molecular weight is 400 g/mol. The van der Waals surface area contributed by atoms with Crippen LogP contribution in [0.1, 0.15) is 26.3 Å². The lowest BCUT2D eigenvalue weighted by Gasteiger charge is -2.15. The van der Waals surface area contributed by atoms with Gasteiger partial charge in [0.05, 0.1) is 17.8 Å². The second-order valence-corrected chi connectivity index (χ2v) is 7.17. The molecular formula is C23H20N4O3. The van der Waals surface area contributed by atoms with E-state index in [2.05, 4.69) is 16.9 Å². The lowest BCUT2D eigenvalue weighted by molar-refractivity contribution is -0.114. The number of nitrogens with one attached hydrogen (secondary N) is 1. The van der Waals surface area contributed by atoms with E-state index in [1.807, 2.05) is 30.3 Å². The van der Waals surface area contributed by atoms with E-state index in [-0.39, 0.29) is 23.9 Å². The number of benzene rings is 2. The van der Waals surface area contributed by atoms with Crippen molar-refractivity contribution in [3.63, 3.8) is 0 Å². The topological polar surface area (TPSA) is 105 Å². The molecular weight excluding hydrogens is 380 g/mol. The van der Waals surface area contributed by atoms with Crippen LogP contribution in [0.3, 0.4) is 0 Å². The van der Waals surface area contributed by atoms with Crippen molar-refractivity contribution in [1.82, 2.24) is 15.2 Å². The molecule has 0 saturated carbocycles. The molecule has 2 aromatic carbocycles. The fourth-order valence-electron chi connectivity index (χ4n) is 3.62. The van der Waals surface area contributed by atoms with Crippen molar-refractivity contribution in [2.75, 3.05) is 13.6 Å². The molecule has 30 heavy (non-hydrogen) atoms. The van der Waals surface area contributed by atoms with Crippen LogP contribution in [0.5, 0.6) is 0 Å². The lowest BCUT2D eigenvalue weighted by Crippen LogP contribution is -2.30. The maximum Gasteiger partial charge on any atom is 0.254 e. The molecule has 0 fully saturated rings. The van der Waals surface area contributed by atoms with Gasteiger partial charge in [-0.2, -0.15) is 0 Å². The van der Waals surface area contributed by atoms with E-state index < -0.39 is 5.91 Å². The summed E-state index contributed by atoms with van der Waals surface area (Å²) in [7, 11) is 1.57. The molecule has 150 valence electrons. The first-order chi connectivity index (χ1) is 14.4. The third-order valence-electron chi connectivity index (χ3n) is 5.28. The zero-order valence-electron chi connectivity index (χ0n) is 16.4. The number of carbonyl (C=O) groups is 3. The number of amides is 3. The summed E-state index contributed by atoms with van der Waals surface area (Å²) in [5, 5.41) is 4.52. The highest BCUT2D eigenvalue weighted by Crippen LogP contribution is 2.33. The Balaban J connectivity index is 1.71. The molecule has 1 aliphatic heterocycles. The van der Waals surface area contributed by atoms with Crippen LogP contribution in [0, 0.1) is 0 Å². The lowest BCUT2D eigenvalue weighted by atomic mass is 9.97. The van der Waals surface area contributed by atoms with Gasteiger partial charge >= 0.3 is 0 Å². The first-order valence-corrected chi connectivity index (χ1v) is 9.40. The number of rotatable bonds is 5. The van der Waals surface area contributed by atoms with Gasteiger partial charge in [0.25, 0.3) is 11.8 Å². The Hall–Kier alpha value is -4.00. The summed E-state index contributed by atoms with van der Waals surface area (Å²) in [6.07, 6.45) is 1.54. The highest BCUT2D eigenvalue weighted by molar-refractivity contribution is 6.05. The fraction of sp³-hybridized carbons (Fsp3) is 0.130. The number of primary amides is 1. The predicted octanol–water partition coefficient (Wildman–Crippen LogP) is 2.26. The molecule has 0 spiro atoms. The largest absolute Gasteiger partial charge is 0.366 e.